The van der Waals surface area contributed by atoms with Crippen LogP contribution in [0.5, 0.6) is 5.75 Å². The fraction of sp³-hybridized carbons (Fsp3) is 0.281. The zero-order valence-electron chi connectivity index (χ0n) is 24.6. The van der Waals surface area contributed by atoms with Crippen LogP contribution in [0.3, 0.4) is 0 Å². The van der Waals surface area contributed by atoms with Gasteiger partial charge in [-0.25, -0.2) is 8.42 Å². The maximum Gasteiger partial charge on any atom is 0.374 e. The molecule has 0 radical (unpaired) electrons. The quantitative estimate of drug-likeness (QED) is 0.0695. The van der Waals surface area contributed by atoms with E-state index in [9.17, 15) is 17.2 Å². The second-order valence-electron chi connectivity index (χ2n) is 10.4. The van der Waals surface area contributed by atoms with Crippen LogP contribution >= 0.6 is 11.6 Å². The number of aryl methyl sites for hydroxylation is 1. The van der Waals surface area contributed by atoms with Crippen LogP contribution in [0.4, 0.5) is 5.69 Å². The Kier molecular flexibility index (Phi) is 10.7. The lowest BCUT2D eigenvalue weighted by molar-refractivity contribution is -0.678. The first-order valence-electron chi connectivity index (χ1n) is 14.5. The number of anilines is 1. The van der Waals surface area contributed by atoms with Crippen molar-refractivity contribution in [1.82, 2.24) is 0 Å². The Bertz CT molecular complexity index is 1860. The summed E-state index contributed by atoms with van der Waals surface area (Å²) in [5.41, 5.74) is 5.23. The fourth-order valence-electron chi connectivity index (χ4n) is 5.13. The molecule has 0 fully saturated rings. The zero-order chi connectivity index (χ0) is 32.0. The Hall–Kier alpha value is -3.52. The van der Waals surface area contributed by atoms with Crippen molar-refractivity contribution < 1.29 is 39.6 Å². The maximum atomic E-state index is 11.2. The van der Waals surface area contributed by atoms with Gasteiger partial charge in [-0.1, -0.05) is 54.9 Å². The first-order chi connectivity index (χ1) is 21.6. The van der Waals surface area contributed by atoms with Gasteiger partial charge in [0.2, 0.25) is 11.5 Å². The minimum absolute atomic E-state index is 0.0802. The van der Waals surface area contributed by atoms with E-state index < -0.39 is 27.2 Å². The van der Waals surface area contributed by atoms with Crippen molar-refractivity contribution in [3.63, 3.8) is 0 Å². The molecule has 1 atom stereocenters. The number of hydrogen-bond acceptors (Lipinski definition) is 8. The average molecular weight is 673 g/mol. The van der Waals surface area contributed by atoms with Gasteiger partial charge in [0.25, 0.3) is 5.52 Å². The monoisotopic (exact) mass is 672 g/mol. The highest BCUT2D eigenvalue weighted by atomic mass is 35.5. The fourth-order valence-corrected chi connectivity index (χ4v) is 6.11. The highest BCUT2D eigenvalue weighted by molar-refractivity contribution is 7.85. The molecule has 0 saturated heterocycles. The number of hydrogen-bond donors (Lipinski definition) is 1. The van der Waals surface area contributed by atoms with Gasteiger partial charge in [0.1, 0.15) is 0 Å². The van der Waals surface area contributed by atoms with Crippen LogP contribution < -0.4 is 14.2 Å². The van der Waals surface area contributed by atoms with Gasteiger partial charge in [0, 0.05) is 35.9 Å². The van der Waals surface area contributed by atoms with Crippen LogP contribution in [0, 0.1) is 0 Å². The second-order valence-corrected chi connectivity index (χ2v) is 13.1. The van der Waals surface area contributed by atoms with Crippen LogP contribution in [0.2, 0.25) is 5.02 Å². The van der Waals surface area contributed by atoms with E-state index in [1.165, 1.54) is 0 Å². The molecule has 4 aromatic rings. The van der Waals surface area contributed by atoms with Crippen LogP contribution in [0.25, 0.3) is 28.3 Å². The molecule has 45 heavy (non-hydrogen) atoms. The standard InChI is InChI=1S/C32H33ClN2O8S2/c1-2-23(20-32-35(16-8-17-41-44(36)37)28-22-26(33)12-14-30(28)43-32)19-31-34(15-6-7-18-45(38,39)40)27-21-25(11-13-29(27)42-31)24-9-4-3-5-10-24/h3-5,9-14,19-22H,2,6-8,15-18H2,1H3,(H-,36,37,38,39,40). The van der Waals surface area contributed by atoms with Gasteiger partial charge in [0.15, 0.2) is 12.3 Å². The Balaban J connectivity index is 1.50. The summed E-state index contributed by atoms with van der Waals surface area (Å²) in [6.45, 7) is 2.98. The van der Waals surface area contributed by atoms with Crippen LogP contribution in [-0.4, -0.2) is 40.6 Å². The number of unbranched alkanes of at least 4 members (excludes halogenated alkanes) is 1. The van der Waals surface area contributed by atoms with Crippen molar-refractivity contribution >= 4 is 55.9 Å². The topological polar surface area (TPSA) is 133 Å². The molecule has 0 saturated carbocycles. The number of benzene rings is 3. The number of allylic oxidation sites excluding steroid dienone is 2. The molecule has 1 N–H and O–H groups in total. The van der Waals surface area contributed by atoms with Gasteiger partial charge in [0.05, 0.1) is 28.5 Å². The van der Waals surface area contributed by atoms with Crippen molar-refractivity contribution in [2.45, 2.75) is 39.2 Å². The number of ether oxygens (including phenoxy) is 1. The molecule has 1 unspecified atom stereocenters. The number of fused-ring (bicyclic) bond motifs is 2. The first-order valence-corrected chi connectivity index (χ1v) is 17.5. The molecule has 13 heteroatoms. The molecule has 0 amide bonds. The summed E-state index contributed by atoms with van der Waals surface area (Å²) in [7, 11) is -4.30. The maximum absolute atomic E-state index is 11.2. The summed E-state index contributed by atoms with van der Waals surface area (Å²) >= 11 is 3.94. The third-order valence-electron chi connectivity index (χ3n) is 7.29. The van der Waals surface area contributed by atoms with E-state index in [0.717, 1.165) is 27.9 Å². The molecule has 1 aliphatic heterocycles. The summed E-state index contributed by atoms with van der Waals surface area (Å²) in [6, 6.07) is 21.3. The van der Waals surface area contributed by atoms with Crippen molar-refractivity contribution in [3.8, 4) is 16.9 Å². The van der Waals surface area contributed by atoms with E-state index in [0.29, 0.717) is 60.5 Å². The zero-order valence-corrected chi connectivity index (χ0v) is 26.9. The number of rotatable bonds is 14. The summed E-state index contributed by atoms with van der Waals surface area (Å²) in [6.07, 6.45) is 5.62. The number of aromatic nitrogens is 1. The Morgan fingerprint density at radius 1 is 1.09 bits per heavy atom. The molecule has 5 rings (SSSR count). The normalized spacial score (nSPS) is 15.1. The Labute approximate surface area is 269 Å². The van der Waals surface area contributed by atoms with Crippen molar-refractivity contribution in [2.75, 3.05) is 23.8 Å². The predicted molar refractivity (Wildman–Crippen MR) is 173 cm³/mol. The number of nitrogens with zero attached hydrogens (tertiary/aromatic N) is 2. The van der Waals surface area contributed by atoms with Crippen molar-refractivity contribution in [2.24, 2.45) is 0 Å². The molecule has 2 heterocycles. The van der Waals surface area contributed by atoms with Crippen molar-refractivity contribution in [1.29, 1.82) is 0 Å². The second kappa shape index (κ2) is 14.7. The lowest BCUT2D eigenvalue weighted by atomic mass is 10.1. The SMILES string of the molecule is CCC(=Cc1oc2ccc(-c3ccccc3)cc2[n+]1CCCCS(=O)(=O)[O-])C=C1Oc2ccc(Cl)cc2N1CCCOS(=O)O. The Morgan fingerprint density at radius 2 is 1.89 bits per heavy atom. The van der Waals surface area contributed by atoms with E-state index >= 15 is 0 Å². The summed E-state index contributed by atoms with van der Waals surface area (Å²) in [5, 5.41) is 0.547. The van der Waals surface area contributed by atoms with Gasteiger partial charge in [-0.05, 0) is 60.2 Å². The number of oxazole rings is 1. The molecule has 0 bridgehead atoms. The molecule has 1 aromatic heterocycles. The molecule has 0 aliphatic carbocycles. The van der Waals surface area contributed by atoms with Crippen molar-refractivity contribution in [3.05, 3.63) is 95.2 Å². The van der Waals surface area contributed by atoms with Gasteiger partial charge in [-0.3, -0.25) is 8.74 Å². The minimum Gasteiger partial charge on any atom is -0.748 e. The van der Waals surface area contributed by atoms with Crippen LogP contribution in [0.1, 0.15) is 38.5 Å². The first kappa shape index (κ1) is 32.9. The smallest absolute Gasteiger partial charge is 0.374 e. The van der Waals surface area contributed by atoms with Gasteiger partial charge < -0.3 is 18.6 Å². The highest BCUT2D eigenvalue weighted by Crippen LogP contribution is 2.41. The molecule has 10 nitrogen and oxygen atoms in total. The minimum atomic E-state index is -4.30. The lowest BCUT2D eigenvalue weighted by Gasteiger charge is -2.18. The lowest BCUT2D eigenvalue weighted by Crippen LogP contribution is -2.35. The van der Waals surface area contributed by atoms with Gasteiger partial charge in [-0.15, -0.1) is 0 Å². The van der Waals surface area contributed by atoms with Gasteiger partial charge in [-0.2, -0.15) is 8.78 Å². The van der Waals surface area contributed by atoms with E-state index in [4.69, 9.17) is 29.5 Å². The van der Waals surface area contributed by atoms with Crippen LogP contribution in [0.15, 0.2) is 88.7 Å². The molecular formula is C32H33ClN2O8S2. The molecule has 3 aromatic carbocycles. The highest BCUT2D eigenvalue weighted by Gasteiger charge is 2.27. The average Bonchev–Trinajstić information content (AvgIpc) is 3.52. The molecule has 238 valence electrons. The summed E-state index contributed by atoms with van der Waals surface area (Å²) in [5.74, 6) is 1.33. The summed E-state index contributed by atoms with van der Waals surface area (Å²) in [4.78, 5) is 1.94. The van der Waals surface area contributed by atoms with E-state index in [2.05, 4.69) is 0 Å². The summed E-state index contributed by atoms with van der Waals surface area (Å²) < 4.78 is 72.9. The largest absolute Gasteiger partial charge is 0.748 e. The third kappa shape index (κ3) is 8.60. The van der Waals surface area contributed by atoms with Gasteiger partial charge >= 0.3 is 17.3 Å². The van der Waals surface area contributed by atoms with E-state index in [1.54, 1.807) is 18.2 Å². The number of halogens is 1. The van der Waals surface area contributed by atoms with Crippen LogP contribution in [-0.2, 0) is 32.2 Å². The molecular weight excluding hydrogens is 640 g/mol. The Morgan fingerprint density at radius 3 is 2.62 bits per heavy atom. The molecule has 0 spiro atoms. The molecule has 1 aliphatic rings. The predicted octanol–water partition coefficient (Wildman–Crippen LogP) is 6.44. The third-order valence-corrected chi connectivity index (χ3v) is 8.68. The van der Waals surface area contributed by atoms with E-state index in [1.807, 2.05) is 77.1 Å². The van der Waals surface area contributed by atoms with E-state index in [-0.39, 0.29) is 13.0 Å².